The lowest BCUT2D eigenvalue weighted by Gasteiger charge is -2.37. The molecular weight excluding hydrogens is 444 g/mol. The van der Waals surface area contributed by atoms with Gasteiger partial charge in [-0.05, 0) is 41.8 Å². The smallest absolute Gasteiger partial charge is 0.269 e. The van der Waals surface area contributed by atoms with Crippen LogP contribution in [0.3, 0.4) is 0 Å². The second-order valence-corrected chi connectivity index (χ2v) is 10.0. The van der Waals surface area contributed by atoms with Crippen molar-refractivity contribution < 1.29 is 14.5 Å². The molecule has 2 unspecified atom stereocenters. The molecule has 2 aliphatic rings. The second-order valence-electron chi connectivity index (χ2n) is 10.0. The highest BCUT2D eigenvalue weighted by Crippen LogP contribution is 2.69. The van der Waals surface area contributed by atoms with Gasteiger partial charge >= 0.3 is 0 Å². The molecule has 1 amide bonds. The summed E-state index contributed by atoms with van der Waals surface area (Å²) < 4.78 is 0. The highest BCUT2D eigenvalue weighted by molar-refractivity contribution is 6.51. The Hall–Kier alpha value is -4.07. The summed E-state index contributed by atoms with van der Waals surface area (Å²) in [6.07, 6.45) is 1.10. The average molecular weight is 471 g/mol. The number of benzene rings is 3. The number of nitro groups is 1. The number of hydrogen-bond acceptors (Lipinski definition) is 6. The van der Waals surface area contributed by atoms with Crippen LogP contribution in [0, 0.1) is 26.4 Å². The molecular formula is C27H26N4O4. The van der Waals surface area contributed by atoms with Crippen molar-refractivity contribution in [2.24, 2.45) is 21.3 Å². The number of ketones is 1. The molecule has 0 aliphatic heterocycles. The quantitative estimate of drug-likeness (QED) is 0.288. The summed E-state index contributed by atoms with van der Waals surface area (Å²) in [5.74, 6) is -0.587. The van der Waals surface area contributed by atoms with E-state index in [0.717, 1.165) is 10.8 Å². The van der Waals surface area contributed by atoms with Crippen LogP contribution in [-0.2, 0) is 9.59 Å². The van der Waals surface area contributed by atoms with Crippen molar-refractivity contribution in [1.82, 2.24) is 0 Å². The van der Waals surface area contributed by atoms with E-state index >= 15 is 0 Å². The molecule has 2 atom stereocenters. The summed E-state index contributed by atoms with van der Waals surface area (Å²) in [5, 5.41) is 20.3. The molecule has 0 aromatic heterocycles. The zero-order valence-electron chi connectivity index (χ0n) is 19.8. The van der Waals surface area contributed by atoms with Crippen molar-refractivity contribution in [3.8, 4) is 0 Å². The molecule has 0 heterocycles. The van der Waals surface area contributed by atoms with Crippen molar-refractivity contribution in [1.29, 1.82) is 0 Å². The summed E-state index contributed by atoms with van der Waals surface area (Å²) in [7, 11) is 0. The van der Waals surface area contributed by atoms with E-state index in [1.54, 1.807) is 0 Å². The summed E-state index contributed by atoms with van der Waals surface area (Å²) in [5.41, 5.74) is 1.86. The molecule has 8 nitrogen and oxygen atoms in total. The molecule has 2 saturated carbocycles. The topological polar surface area (TPSA) is 114 Å². The van der Waals surface area contributed by atoms with E-state index in [0.29, 0.717) is 29.9 Å². The lowest BCUT2D eigenvalue weighted by Crippen LogP contribution is -2.47. The van der Waals surface area contributed by atoms with Crippen LogP contribution in [0.5, 0.6) is 0 Å². The normalized spacial score (nSPS) is 25.7. The van der Waals surface area contributed by atoms with Crippen LogP contribution in [0.1, 0.15) is 33.6 Å². The summed E-state index contributed by atoms with van der Waals surface area (Å²) in [4.78, 5) is 38.1. The van der Waals surface area contributed by atoms with Gasteiger partial charge in [-0.15, -0.1) is 0 Å². The molecule has 0 spiro atoms. The number of carbonyl (C=O) groups excluding carboxylic acids is 2. The van der Waals surface area contributed by atoms with E-state index < -0.39 is 21.2 Å². The number of non-ortho nitro benzene ring substituents is 1. The zero-order valence-corrected chi connectivity index (χ0v) is 19.8. The first kappa shape index (κ1) is 22.7. The minimum absolute atomic E-state index is 0.0312. The third kappa shape index (κ3) is 3.09. The Balaban J connectivity index is 1.48. The molecule has 178 valence electrons. The first-order valence-corrected chi connectivity index (χ1v) is 11.5. The monoisotopic (exact) mass is 470 g/mol. The number of amides is 1. The van der Waals surface area contributed by atoms with Gasteiger partial charge < -0.3 is 5.32 Å². The Morgan fingerprint density at radius 2 is 1.66 bits per heavy atom. The van der Waals surface area contributed by atoms with Gasteiger partial charge in [-0.25, -0.2) is 0 Å². The number of carbonyl (C=O) groups is 2. The minimum atomic E-state index is -1.24. The van der Waals surface area contributed by atoms with Gasteiger partial charge in [-0.2, -0.15) is 5.10 Å². The molecule has 0 saturated heterocycles. The van der Waals surface area contributed by atoms with Crippen LogP contribution in [-0.4, -0.2) is 22.3 Å². The third-order valence-electron chi connectivity index (χ3n) is 8.37. The summed E-state index contributed by atoms with van der Waals surface area (Å²) >= 11 is 0. The van der Waals surface area contributed by atoms with Gasteiger partial charge in [0.1, 0.15) is 11.1 Å². The maximum atomic E-state index is 13.9. The average Bonchev–Trinajstić information content (AvgIpc) is 3.12. The Kier molecular flexibility index (Phi) is 5.01. The predicted octanol–water partition coefficient (Wildman–Crippen LogP) is 5.55. The number of nitro benzene ring substituents is 1. The van der Waals surface area contributed by atoms with Crippen LogP contribution in [0.4, 0.5) is 17.1 Å². The minimum Gasteiger partial charge on any atom is -0.325 e. The van der Waals surface area contributed by atoms with E-state index in [9.17, 15) is 19.7 Å². The van der Waals surface area contributed by atoms with Crippen molar-refractivity contribution in [2.45, 2.75) is 33.6 Å². The Labute approximate surface area is 202 Å². The number of hydrogen-bond donors (Lipinski definition) is 2. The molecule has 2 bridgehead atoms. The van der Waals surface area contributed by atoms with Crippen LogP contribution >= 0.6 is 0 Å². The molecule has 2 N–H and O–H groups in total. The predicted molar refractivity (Wildman–Crippen MR) is 135 cm³/mol. The van der Waals surface area contributed by atoms with E-state index in [4.69, 9.17) is 0 Å². The number of fused-ring (bicyclic) bond motifs is 3. The number of hydrazone groups is 1. The van der Waals surface area contributed by atoms with Gasteiger partial charge in [0.05, 0.1) is 10.6 Å². The fourth-order valence-electron chi connectivity index (χ4n) is 5.81. The molecule has 8 heteroatoms. The highest BCUT2D eigenvalue weighted by atomic mass is 16.6. The number of Topliss-reactive ketones (excluding diaryl/α,β-unsaturated/α-hetero) is 1. The number of anilines is 2. The Bertz CT molecular complexity index is 1410. The number of rotatable bonds is 5. The Morgan fingerprint density at radius 1 is 0.971 bits per heavy atom. The first-order chi connectivity index (χ1) is 16.6. The van der Waals surface area contributed by atoms with E-state index in [1.807, 2.05) is 63.2 Å². The summed E-state index contributed by atoms with van der Waals surface area (Å²) in [6, 6.07) is 19.3. The van der Waals surface area contributed by atoms with E-state index in [-0.39, 0.29) is 17.4 Å². The lowest BCUT2D eigenvalue weighted by atomic mass is 9.64. The SMILES string of the molecule is CC12CCC(C(=O)Nc3cccc4ccccc34)(C(=O)C1=NNc1ccc([N+](=O)[O-])cc1)C2(C)C. The molecule has 2 aliphatic carbocycles. The maximum Gasteiger partial charge on any atom is 0.269 e. The van der Waals surface area contributed by atoms with E-state index in [2.05, 4.69) is 15.8 Å². The van der Waals surface area contributed by atoms with Crippen LogP contribution in [0.25, 0.3) is 10.8 Å². The van der Waals surface area contributed by atoms with Gasteiger partial charge in [-0.3, -0.25) is 25.1 Å². The molecule has 3 aromatic carbocycles. The zero-order chi connectivity index (χ0) is 25.0. The van der Waals surface area contributed by atoms with Gasteiger partial charge in [-0.1, -0.05) is 57.2 Å². The molecule has 35 heavy (non-hydrogen) atoms. The lowest BCUT2D eigenvalue weighted by molar-refractivity contribution is -0.384. The fourth-order valence-corrected chi connectivity index (χ4v) is 5.81. The number of nitrogens with zero attached hydrogens (tertiary/aromatic N) is 2. The molecule has 2 fully saturated rings. The molecule has 5 rings (SSSR count). The van der Waals surface area contributed by atoms with E-state index in [1.165, 1.54) is 24.3 Å². The highest BCUT2D eigenvalue weighted by Gasteiger charge is 2.76. The molecule has 3 aromatic rings. The first-order valence-electron chi connectivity index (χ1n) is 11.5. The van der Waals surface area contributed by atoms with Gasteiger partial charge in [0.25, 0.3) is 5.69 Å². The number of nitrogens with one attached hydrogen (secondary N) is 2. The van der Waals surface area contributed by atoms with Crippen molar-refractivity contribution in [3.05, 3.63) is 76.8 Å². The largest absolute Gasteiger partial charge is 0.325 e. The van der Waals surface area contributed by atoms with Crippen LogP contribution < -0.4 is 10.7 Å². The summed E-state index contributed by atoms with van der Waals surface area (Å²) in [6.45, 7) is 5.92. The second kappa shape index (κ2) is 7.73. The van der Waals surface area contributed by atoms with Crippen molar-refractivity contribution in [3.63, 3.8) is 0 Å². The fraction of sp³-hybridized carbons (Fsp3) is 0.296. The van der Waals surface area contributed by atoms with Gasteiger partial charge in [0.2, 0.25) is 5.91 Å². The van der Waals surface area contributed by atoms with Crippen LogP contribution in [0.15, 0.2) is 71.8 Å². The van der Waals surface area contributed by atoms with Crippen molar-refractivity contribution >= 4 is 45.2 Å². The van der Waals surface area contributed by atoms with Gasteiger partial charge in [0.15, 0.2) is 5.78 Å². The van der Waals surface area contributed by atoms with Crippen molar-refractivity contribution in [2.75, 3.05) is 10.7 Å². The third-order valence-corrected chi connectivity index (χ3v) is 8.37. The Morgan fingerprint density at radius 3 is 2.37 bits per heavy atom. The van der Waals surface area contributed by atoms with Gasteiger partial charge in [0, 0.05) is 28.6 Å². The van der Waals surface area contributed by atoms with Crippen LogP contribution in [0.2, 0.25) is 0 Å². The maximum absolute atomic E-state index is 13.9. The molecule has 0 radical (unpaired) electrons. The standard InChI is InChI=1S/C27H26N4O4/c1-25(2)26(3)15-16-27(25,24(33)28-21-10-6-8-17-7-4-5-9-20(17)21)23(32)22(26)30-29-18-11-13-19(14-12-18)31(34)35/h4-14,29H,15-16H2,1-3H3,(H,28,33).